The summed E-state index contributed by atoms with van der Waals surface area (Å²) < 4.78 is 11.4. The molecule has 8 aromatic carbocycles. The van der Waals surface area contributed by atoms with Crippen molar-refractivity contribution >= 4 is 92.3 Å². The zero-order valence-electron chi connectivity index (χ0n) is 28.0. The number of hydrogen-bond acceptors (Lipinski definition) is 3. The number of fused-ring (bicyclic) bond motifs is 9. The van der Waals surface area contributed by atoms with E-state index in [1.165, 1.54) is 47.5 Å². The molecule has 0 aliphatic rings. The van der Waals surface area contributed by atoms with Gasteiger partial charge in [0.15, 0.2) is 0 Å². The second kappa shape index (κ2) is 11.5. The van der Waals surface area contributed by atoms with Crippen LogP contribution in [0.3, 0.4) is 0 Å². The first kappa shape index (κ1) is 29.1. The maximum absolute atomic E-state index is 6.43. The van der Waals surface area contributed by atoms with Gasteiger partial charge in [0, 0.05) is 60.1 Å². The van der Waals surface area contributed by atoms with Gasteiger partial charge < -0.3 is 13.9 Å². The predicted molar refractivity (Wildman–Crippen MR) is 221 cm³/mol. The number of aromatic nitrogens is 1. The first-order valence-corrected chi connectivity index (χ1v) is 18.4. The highest BCUT2D eigenvalue weighted by atomic mass is 32.1. The summed E-state index contributed by atoms with van der Waals surface area (Å²) in [7, 11) is 0. The number of furan rings is 1. The number of anilines is 3. The number of benzene rings is 8. The van der Waals surface area contributed by atoms with Gasteiger partial charge >= 0.3 is 0 Å². The molecule has 4 heteroatoms. The molecule has 3 nitrogen and oxygen atoms in total. The molecule has 52 heavy (non-hydrogen) atoms. The molecule has 0 saturated heterocycles. The zero-order valence-corrected chi connectivity index (χ0v) is 28.8. The number of thiophene rings is 1. The SMILES string of the molecule is c1ccc(-n2c3ccccc3c3ccc(-c4cccc(N(c5ccc6c(c5)oc5ccccc56)c5cccc6c5sc5ccccc56)c4)cc32)cc1. The van der Waals surface area contributed by atoms with Crippen LogP contribution in [0.15, 0.2) is 186 Å². The minimum absolute atomic E-state index is 0.877. The molecule has 244 valence electrons. The molecule has 0 N–H and O–H groups in total. The molecule has 11 aromatic rings. The van der Waals surface area contributed by atoms with Crippen molar-refractivity contribution in [3.05, 3.63) is 182 Å². The van der Waals surface area contributed by atoms with Crippen molar-refractivity contribution in [1.82, 2.24) is 4.57 Å². The number of nitrogens with zero attached hydrogens (tertiary/aromatic N) is 2. The number of rotatable bonds is 5. The summed E-state index contributed by atoms with van der Waals surface area (Å²) in [5, 5.41) is 7.31. The molecule has 11 rings (SSSR count). The van der Waals surface area contributed by atoms with Gasteiger partial charge in [0.05, 0.1) is 21.4 Å². The molecule has 0 spiro atoms. The normalized spacial score (nSPS) is 11.8. The zero-order chi connectivity index (χ0) is 34.2. The Bertz CT molecular complexity index is 3150. The van der Waals surface area contributed by atoms with Crippen molar-refractivity contribution in [2.24, 2.45) is 0 Å². The Morgan fingerprint density at radius 1 is 0.423 bits per heavy atom. The average Bonchev–Trinajstić information content (AvgIpc) is 3.88. The maximum atomic E-state index is 6.43. The Morgan fingerprint density at radius 2 is 1.10 bits per heavy atom. The third-order valence-electron chi connectivity index (χ3n) is 10.4. The Balaban J connectivity index is 1.13. The minimum Gasteiger partial charge on any atom is -0.456 e. The molecule has 0 amide bonds. The van der Waals surface area contributed by atoms with Gasteiger partial charge in [-0.3, -0.25) is 0 Å². The highest BCUT2D eigenvalue weighted by Crippen LogP contribution is 2.46. The van der Waals surface area contributed by atoms with Crippen molar-refractivity contribution < 1.29 is 4.42 Å². The fourth-order valence-electron chi connectivity index (χ4n) is 8.02. The Labute approximate surface area is 303 Å². The summed E-state index contributed by atoms with van der Waals surface area (Å²) in [5.74, 6) is 0. The van der Waals surface area contributed by atoms with Crippen molar-refractivity contribution in [1.29, 1.82) is 0 Å². The lowest BCUT2D eigenvalue weighted by atomic mass is 10.0. The van der Waals surface area contributed by atoms with Crippen LogP contribution in [-0.2, 0) is 0 Å². The molecule has 0 bridgehead atoms. The summed E-state index contributed by atoms with van der Waals surface area (Å²) in [6.07, 6.45) is 0. The van der Waals surface area contributed by atoms with E-state index >= 15 is 0 Å². The van der Waals surface area contributed by atoms with Crippen LogP contribution < -0.4 is 4.90 Å². The van der Waals surface area contributed by atoms with Gasteiger partial charge in [-0.1, -0.05) is 109 Å². The van der Waals surface area contributed by atoms with Crippen LogP contribution in [-0.4, -0.2) is 4.57 Å². The highest BCUT2D eigenvalue weighted by molar-refractivity contribution is 7.26. The first-order valence-electron chi connectivity index (χ1n) is 17.6. The highest BCUT2D eigenvalue weighted by Gasteiger charge is 2.20. The second-order valence-electron chi connectivity index (χ2n) is 13.3. The van der Waals surface area contributed by atoms with Crippen LogP contribution in [0.25, 0.3) is 80.7 Å². The Kier molecular flexibility index (Phi) is 6.42. The van der Waals surface area contributed by atoms with E-state index in [2.05, 4.69) is 179 Å². The molecule has 0 atom stereocenters. The molecule has 0 aliphatic carbocycles. The molecule has 3 aromatic heterocycles. The van der Waals surface area contributed by atoms with Gasteiger partial charge in [-0.15, -0.1) is 11.3 Å². The lowest BCUT2D eigenvalue weighted by Crippen LogP contribution is -2.10. The maximum Gasteiger partial charge on any atom is 0.137 e. The molecule has 0 saturated carbocycles. The molecular formula is C48H30N2OS. The van der Waals surface area contributed by atoms with E-state index in [-0.39, 0.29) is 0 Å². The van der Waals surface area contributed by atoms with E-state index in [0.717, 1.165) is 50.3 Å². The molecule has 0 unspecified atom stereocenters. The Hall–Kier alpha value is -6.62. The van der Waals surface area contributed by atoms with E-state index in [4.69, 9.17) is 4.42 Å². The van der Waals surface area contributed by atoms with Crippen LogP contribution in [0, 0.1) is 0 Å². The second-order valence-corrected chi connectivity index (χ2v) is 14.4. The molecular weight excluding hydrogens is 653 g/mol. The van der Waals surface area contributed by atoms with E-state index in [1.807, 2.05) is 23.5 Å². The lowest BCUT2D eigenvalue weighted by molar-refractivity contribution is 0.669. The third kappa shape index (κ3) is 4.45. The molecule has 3 heterocycles. The van der Waals surface area contributed by atoms with Crippen LogP contribution >= 0.6 is 11.3 Å². The summed E-state index contributed by atoms with van der Waals surface area (Å²) in [6, 6.07) is 65.5. The Morgan fingerprint density at radius 3 is 2.02 bits per heavy atom. The van der Waals surface area contributed by atoms with Gasteiger partial charge in [-0.05, 0) is 77.9 Å². The fourth-order valence-corrected chi connectivity index (χ4v) is 9.23. The summed E-state index contributed by atoms with van der Waals surface area (Å²) in [5.41, 5.74) is 10.9. The molecule has 0 fully saturated rings. The van der Waals surface area contributed by atoms with E-state index in [1.54, 1.807) is 0 Å². The summed E-state index contributed by atoms with van der Waals surface area (Å²) in [6.45, 7) is 0. The summed E-state index contributed by atoms with van der Waals surface area (Å²) >= 11 is 1.85. The van der Waals surface area contributed by atoms with E-state index in [0.29, 0.717) is 0 Å². The number of para-hydroxylation sites is 3. The van der Waals surface area contributed by atoms with Crippen molar-refractivity contribution in [2.75, 3.05) is 4.90 Å². The van der Waals surface area contributed by atoms with Crippen molar-refractivity contribution in [2.45, 2.75) is 0 Å². The average molecular weight is 683 g/mol. The lowest BCUT2D eigenvalue weighted by Gasteiger charge is -2.26. The van der Waals surface area contributed by atoms with Crippen LogP contribution in [0.4, 0.5) is 17.1 Å². The van der Waals surface area contributed by atoms with Gasteiger partial charge in [-0.25, -0.2) is 0 Å². The molecule has 0 radical (unpaired) electrons. The molecule has 0 aliphatic heterocycles. The monoisotopic (exact) mass is 682 g/mol. The van der Waals surface area contributed by atoms with Crippen molar-refractivity contribution in [3.8, 4) is 16.8 Å². The van der Waals surface area contributed by atoms with Crippen LogP contribution in [0.1, 0.15) is 0 Å². The summed E-state index contributed by atoms with van der Waals surface area (Å²) in [4.78, 5) is 2.40. The predicted octanol–water partition coefficient (Wildman–Crippen LogP) is 14.2. The van der Waals surface area contributed by atoms with Gasteiger partial charge in [0.25, 0.3) is 0 Å². The van der Waals surface area contributed by atoms with Gasteiger partial charge in [0.1, 0.15) is 11.2 Å². The van der Waals surface area contributed by atoms with E-state index < -0.39 is 0 Å². The van der Waals surface area contributed by atoms with Crippen LogP contribution in [0.5, 0.6) is 0 Å². The smallest absolute Gasteiger partial charge is 0.137 e. The topological polar surface area (TPSA) is 21.3 Å². The fraction of sp³-hybridized carbons (Fsp3) is 0. The van der Waals surface area contributed by atoms with Gasteiger partial charge in [0.2, 0.25) is 0 Å². The largest absolute Gasteiger partial charge is 0.456 e. The minimum atomic E-state index is 0.877. The van der Waals surface area contributed by atoms with E-state index in [9.17, 15) is 0 Å². The quantitative estimate of drug-likeness (QED) is 0.180. The first-order chi connectivity index (χ1) is 25.8. The van der Waals surface area contributed by atoms with Gasteiger partial charge in [-0.2, -0.15) is 0 Å². The third-order valence-corrected chi connectivity index (χ3v) is 11.6. The van der Waals surface area contributed by atoms with Crippen molar-refractivity contribution in [3.63, 3.8) is 0 Å². The number of hydrogen-bond donors (Lipinski definition) is 0. The van der Waals surface area contributed by atoms with Crippen LogP contribution in [0.2, 0.25) is 0 Å². The standard InChI is InChI=1S/C48H30N2OS/c1-2-13-33(14-3-1)50-42-20-7-4-16-36(42)37-26-24-32(29-44(37)50)31-12-10-15-34(28-31)49(35-25-27-39-38-17-5-8-22-45(38)51-46(39)30-35)43-21-11-19-41-40-18-6-9-23-47(40)52-48(41)43/h1-30H.